The zero-order valence-electron chi connectivity index (χ0n) is 17.5. The quantitative estimate of drug-likeness (QED) is 0.699. The zero-order chi connectivity index (χ0) is 21.4. The van der Waals surface area contributed by atoms with Gasteiger partial charge in [-0.05, 0) is 51.2 Å². The van der Waals surface area contributed by atoms with Crippen LogP contribution in [0.1, 0.15) is 53.4 Å². The topological polar surface area (TPSA) is 86.7 Å². The second-order valence-electron chi connectivity index (χ2n) is 8.93. The maximum Gasteiger partial charge on any atom is 0.191 e. The first-order valence-corrected chi connectivity index (χ1v) is 11.6. The molecule has 1 saturated carbocycles. The molecule has 29 heavy (non-hydrogen) atoms. The number of sulfone groups is 1. The van der Waals surface area contributed by atoms with Crippen LogP contribution in [-0.4, -0.2) is 43.2 Å². The molecule has 1 heterocycles. The summed E-state index contributed by atoms with van der Waals surface area (Å²) in [6, 6.07) is 8.07. The number of carbonyl (C=O) groups is 2. The lowest BCUT2D eigenvalue weighted by Gasteiger charge is -2.44. The average molecular weight is 423 g/mol. The van der Waals surface area contributed by atoms with Crippen LogP contribution in [0.2, 0.25) is 0 Å². The molecule has 0 bridgehead atoms. The van der Waals surface area contributed by atoms with Crippen LogP contribution >= 0.6 is 0 Å². The summed E-state index contributed by atoms with van der Waals surface area (Å²) in [4.78, 5) is 25.7. The van der Waals surface area contributed by atoms with Gasteiger partial charge in [0.05, 0.1) is 17.6 Å². The Morgan fingerprint density at radius 3 is 2.41 bits per heavy atom. The number of Topliss-reactive ketones (excluding diaryl/α,β-unsaturated/α-hetero) is 2. The molecule has 0 amide bonds. The number of ether oxygens (including phenoxy) is 2. The Labute approximate surface area is 172 Å². The fourth-order valence-corrected chi connectivity index (χ4v) is 7.19. The van der Waals surface area contributed by atoms with Gasteiger partial charge in [-0.1, -0.05) is 25.1 Å². The molecule has 0 aromatic heterocycles. The van der Waals surface area contributed by atoms with Gasteiger partial charge in [-0.2, -0.15) is 0 Å². The summed E-state index contributed by atoms with van der Waals surface area (Å²) in [6.07, 6.45) is 0.206. The Morgan fingerprint density at radius 1 is 1.21 bits per heavy atom. The fourth-order valence-electron chi connectivity index (χ4n) is 4.84. The molecule has 0 spiro atoms. The van der Waals surface area contributed by atoms with E-state index in [1.165, 1.54) is 19.1 Å². The van der Waals surface area contributed by atoms with E-state index in [0.717, 1.165) is 0 Å². The normalized spacial score (nSPS) is 32.3. The van der Waals surface area contributed by atoms with Gasteiger partial charge in [0.1, 0.15) is 10.5 Å². The molecule has 0 radical (unpaired) electrons. The second kappa shape index (κ2) is 7.93. The van der Waals surface area contributed by atoms with Crippen molar-refractivity contribution in [2.45, 2.75) is 74.9 Å². The van der Waals surface area contributed by atoms with Crippen molar-refractivity contribution in [3.8, 4) is 0 Å². The molecular formula is C22H30O6S. The van der Waals surface area contributed by atoms with Crippen LogP contribution in [-0.2, 0) is 28.9 Å². The summed E-state index contributed by atoms with van der Waals surface area (Å²) in [5.41, 5.74) is 0. The number of rotatable bonds is 6. The molecule has 1 aromatic carbocycles. The summed E-state index contributed by atoms with van der Waals surface area (Å²) in [5.74, 6) is -1.83. The highest BCUT2D eigenvalue weighted by molar-refractivity contribution is 7.93. The number of hydrogen-bond acceptors (Lipinski definition) is 6. The van der Waals surface area contributed by atoms with Crippen LogP contribution in [0.25, 0.3) is 0 Å². The zero-order valence-corrected chi connectivity index (χ0v) is 18.3. The van der Waals surface area contributed by atoms with E-state index in [4.69, 9.17) is 9.47 Å². The van der Waals surface area contributed by atoms with E-state index in [1.807, 2.05) is 6.92 Å². The van der Waals surface area contributed by atoms with Crippen LogP contribution in [0.3, 0.4) is 0 Å². The van der Waals surface area contributed by atoms with Crippen LogP contribution in [0.15, 0.2) is 35.2 Å². The number of hydrogen-bond donors (Lipinski definition) is 0. The molecule has 6 nitrogen and oxygen atoms in total. The molecule has 1 aromatic rings. The minimum absolute atomic E-state index is 0.00282. The molecule has 1 aliphatic carbocycles. The summed E-state index contributed by atoms with van der Waals surface area (Å²) in [7, 11) is -4.05. The molecule has 3 rings (SSSR count). The Morgan fingerprint density at radius 2 is 1.86 bits per heavy atom. The van der Waals surface area contributed by atoms with Gasteiger partial charge in [-0.25, -0.2) is 8.42 Å². The van der Waals surface area contributed by atoms with Crippen molar-refractivity contribution in [3.63, 3.8) is 0 Å². The van der Waals surface area contributed by atoms with Crippen molar-refractivity contribution < 1.29 is 27.5 Å². The molecule has 7 heteroatoms. The first kappa shape index (κ1) is 22.1. The third-order valence-corrected chi connectivity index (χ3v) is 8.60. The highest BCUT2D eigenvalue weighted by atomic mass is 32.2. The third-order valence-electron chi connectivity index (χ3n) is 6.02. The highest BCUT2D eigenvalue weighted by Gasteiger charge is 2.60. The van der Waals surface area contributed by atoms with Gasteiger partial charge in [0.2, 0.25) is 0 Å². The lowest BCUT2D eigenvalue weighted by molar-refractivity contribution is -0.144. The lowest BCUT2D eigenvalue weighted by Crippen LogP contribution is -2.58. The minimum Gasteiger partial charge on any atom is -0.348 e. The lowest BCUT2D eigenvalue weighted by atomic mass is 9.69. The fraction of sp³-hybridized carbons (Fsp3) is 0.636. The van der Waals surface area contributed by atoms with Gasteiger partial charge in [-0.3, -0.25) is 4.79 Å². The maximum atomic E-state index is 13.9. The van der Waals surface area contributed by atoms with E-state index in [9.17, 15) is 18.0 Å². The average Bonchev–Trinajstić information content (AvgIpc) is 2.96. The first-order chi connectivity index (χ1) is 13.5. The standard InChI is InChI=1S/C22H30O6S/c1-15-10-17(12-16(2)23)22(20(24)11-15,13-18-14-27-21(3,4)28-18)29(25,26)19-8-6-5-7-9-19/h5-9,15,17-18H,10-14H2,1-4H3/t15-,17+,18+,22+/m1/s1. The van der Waals surface area contributed by atoms with Crippen LogP contribution in [0, 0.1) is 11.8 Å². The minimum atomic E-state index is -4.05. The van der Waals surface area contributed by atoms with Gasteiger partial charge in [0.25, 0.3) is 0 Å². The van der Waals surface area contributed by atoms with Crippen molar-refractivity contribution >= 4 is 21.4 Å². The van der Waals surface area contributed by atoms with Gasteiger partial charge >= 0.3 is 0 Å². The summed E-state index contributed by atoms with van der Waals surface area (Å²) in [5, 5.41) is 0. The van der Waals surface area contributed by atoms with E-state index < -0.39 is 32.4 Å². The van der Waals surface area contributed by atoms with E-state index in [2.05, 4.69) is 0 Å². The molecule has 1 saturated heterocycles. The predicted molar refractivity (Wildman–Crippen MR) is 108 cm³/mol. The van der Waals surface area contributed by atoms with Crippen molar-refractivity contribution in [1.82, 2.24) is 0 Å². The first-order valence-electron chi connectivity index (χ1n) is 10.1. The predicted octanol–water partition coefficient (Wildman–Crippen LogP) is 3.34. The second-order valence-corrected chi connectivity index (χ2v) is 11.1. The molecule has 0 N–H and O–H groups in total. The van der Waals surface area contributed by atoms with E-state index >= 15 is 0 Å². The van der Waals surface area contributed by atoms with E-state index in [-0.39, 0.29) is 48.2 Å². The Balaban J connectivity index is 2.14. The summed E-state index contributed by atoms with van der Waals surface area (Å²) >= 11 is 0. The van der Waals surface area contributed by atoms with Gasteiger partial charge in [0.15, 0.2) is 21.4 Å². The number of carbonyl (C=O) groups excluding carboxylic acids is 2. The van der Waals surface area contributed by atoms with Crippen molar-refractivity contribution in [1.29, 1.82) is 0 Å². The Bertz CT molecular complexity index is 876. The smallest absolute Gasteiger partial charge is 0.191 e. The Hall–Kier alpha value is -1.57. The molecular weight excluding hydrogens is 392 g/mol. The van der Waals surface area contributed by atoms with Gasteiger partial charge in [-0.15, -0.1) is 0 Å². The SMILES string of the molecule is CC(=O)C[C@@H]1C[C@@H](C)CC(=O)[C@@]1(C[C@H]1COC(C)(C)O1)S(=O)(=O)c1ccccc1. The van der Waals surface area contributed by atoms with Gasteiger partial charge in [0, 0.05) is 19.3 Å². The van der Waals surface area contributed by atoms with Crippen molar-refractivity contribution in [2.24, 2.45) is 11.8 Å². The van der Waals surface area contributed by atoms with Crippen molar-refractivity contribution in [3.05, 3.63) is 30.3 Å². The van der Waals surface area contributed by atoms with Crippen LogP contribution < -0.4 is 0 Å². The van der Waals surface area contributed by atoms with E-state index in [1.54, 1.807) is 32.0 Å². The largest absolute Gasteiger partial charge is 0.348 e. The number of benzene rings is 1. The maximum absolute atomic E-state index is 13.9. The molecule has 4 atom stereocenters. The molecule has 0 unspecified atom stereocenters. The summed E-state index contributed by atoms with van der Waals surface area (Å²) in [6.45, 7) is 7.13. The summed E-state index contributed by atoms with van der Waals surface area (Å²) < 4.78 is 37.7. The molecule has 2 fully saturated rings. The van der Waals surface area contributed by atoms with Crippen molar-refractivity contribution in [2.75, 3.05) is 6.61 Å². The third kappa shape index (κ3) is 4.18. The monoisotopic (exact) mass is 422 g/mol. The molecule has 160 valence electrons. The molecule has 1 aliphatic heterocycles. The van der Waals surface area contributed by atoms with E-state index in [0.29, 0.717) is 6.42 Å². The van der Waals surface area contributed by atoms with Crippen LogP contribution in [0.4, 0.5) is 0 Å². The Kier molecular flexibility index (Phi) is 6.05. The molecule has 2 aliphatic rings. The highest BCUT2D eigenvalue weighted by Crippen LogP contribution is 2.48. The van der Waals surface area contributed by atoms with Gasteiger partial charge < -0.3 is 14.3 Å². The number of ketones is 2. The van der Waals surface area contributed by atoms with Crippen LogP contribution in [0.5, 0.6) is 0 Å².